The van der Waals surface area contributed by atoms with Crippen molar-refractivity contribution in [2.24, 2.45) is 24.8 Å². The third-order valence-corrected chi connectivity index (χ3v) is 8.49. The predicted octanol–water partition coefficient (Wildman–Crippen LogP) is 3.69. The molecule has 11 heteroatoms. The maximum Gasteiger partial charge on any atom is 0.355 e. The standard InChI is InChI=1S/C31H37IN3O7/c1-6-15-39-31(38)28-23(20(3)27-26(29(36)35(27)28)21(4)30(37)42-41-16-7-2)18-40-25-11-10-22(17-24(25)32)9-8-12-34-14-13-33(5)19-34/h6-7,10-11,13-14,17,19-21,26-27H,1-2,8-9,12,15-16,18H2,3-5H3/q+1. The highest BCUT2D eigenvalue weighted by Crippen LogP contribution is 2.49. The van der Waals surface area contributed by atoms with Crippen molar-refractivity contribution in [3.05, 3.63) is 82.6 Å². The van der Waals surface area contributed by atoms with Gasteiger partial charge in [0, 0.05) is 11.5 Å². The summed E-state index contributed by atoms with van der Waals surface area (Å²) in [5.74, 6) is -2.63. The largest absolute Gasteiger partial charge is 0.488 e. The molecule has 224 valence electrons. The lowest BCUT2D eigenvalue weighted by Gasteiger charge is -2.47. The summed E-state index contributed by atoms with van der Waals surface area (Å²) in [5, 5.41) is 0. The van der Waals surface area contributed by atoms with Crippen LogP contribution in [0.2, 0.25) is 0 Å². The smallest absolute Gasteiger partial charge is 0.355 e. The lowest BCUT2D eigenvalue weighted by atomic mass is 9.74. The van der Waals surface area contributed by atoms with E-state index in [0.717, 1.165) is 23.0 Å². The number of hydrogen-bond acceptors (Lipinski definition) is 7. The Kier molecular flexibility index (Phi) is 10.6. The van der Waals surface area contributed by atoms with E-state index in [2.05, 4.69) is 58.9 Å². The second-order valence-corrected chi connectivity index (χ2v) is 11.7. The Bertz CT molecular complexity index is 1380. The fraction of sp³-hybridized carbons (Fsp3) is 0.419. The van der Waals surface area contributed by atoms with Gasteiger partial charge in [0.2, 0.25) is 12.2 Å². The highest BCUT2D eigenvalue weighted by molar-refractivity contribution is 14.1. The van der Waals surface area contributed by atoms with Crippen LogP contribution in [0.1, 0.15) is 25.8 Å². The minimum absolute atomic E-state index is 0.00644. The maximum absolute atomic E-state index is 13.3. The van der Waals surface area contributed by atoms with Gasteiger partial charge < -0.3 is 14.4 Å². The Morgan fingerprint density at radius 2 is 1.98 bits per heavy atom. The number of esters is 1. The monoisotopic (exact) mass is 690 g/mol. The molecule has 1 fully saturated rings. The molecular formula is C31H37IN3O7+. The van der Waals surface area contributed by atoms with Gasteiger partial charge in [0.25, 0.3) is 0 Å². The normalized spacial score (nSPS) is 20.0. The van der Waals surface area contributed by atoms with Gasteiger partial charge in [-0.2, -0.15) is 4.89 Å². The van der Waals surface area contributed by atoms with E-state index in [1.165, 1.54) is 22.6 Å². The Balaban J connectivity index is 1.45. The quantitative estimate of drug-likeness (QED) is 0.0411. The molecule has 0 saturated carbocycles. The molecule has 0 aliphatic carbocycles. The molecule has 4 atom stereocenters. The zero-order chi connectivity index (χ0) is 30.4. The summed E-state index contributed by atoms with van der Waals surface area (Å²) in [6.07, 6.45) is 11.0. The average Bonchev–Trinajstić information content (AvgIpc) is 3.49. The number of nitrogens with zero attached hydrogens (tertiary/aromatic N) is 3. The summed E-state index contributed by atoms with van der Waals surface area (Å²) in [6, 6.07) is 5.68. The lowest BCUT2D eigenvalue weighted by Crippen LogP contribution is -2.63. The van der Waals surface area contributed by atoms with Crippen LogP contribution in [0.5, 0.6) is 5.75 Å². The van der Waals surface area contributed by atoms with Gasteiger partial charge in [-0.25, -0.2) is 18.7 Å². The fourth-order valence-electron chi connectivity index (χ4n) is 5.48. The topological polar surface area (TPSA) is 100 Å². The first kappa shape index (κ1) is 31.5. The first-order valence-electron chi connectivity index (χ1n) is 13.9. The molecule has 4 rings (SSSR count). The Morgan fingerprint density at radius 3 is 2.64 bits per heavy atom. The molecule has 0 bridgehead atoms. The number of aryl methyl sites for hydroxylation is 3. The van der Waals surface area contributed by atoms with Gasteiger partial charge in [0.1, 0.15) is 43.7 Å². The third-order valence-electron chi connectivity index (χ3n) is 7.64. The maximum atomic E-state index is 13.3. The first-order chi connectivity index (χ1) is 20.2. The van der Waals surface area contributed by atoms with Gasteiger partial charge in [-0.1, -0.05) is 38.6 Å². The number of aromatic nitrogens is 2. The van der Waals surface area contributed by atoms with E-state index < -0.39 is 29.8 Å². The number of hydrogen-bond donors (Lipinski definition) is 0. The average molecular weight is 691 g/mol. The molecule has 4 unspecified atom stereocenters. The molecule has 3 heterocycles. The minimum Gasteiger partial charge on any atom is -0.488 e. The number of ether oxygens (including phenoxy) is 2. The van der Waals surface area contributed by atoms with Gasteiger partial charge in [-0.15, -0.1) is 6.58 Å². The van der Waals surface area contributed by atoms with E-state index in [-0.39, 0.29) is 37.3 Å². The van der Waals surface area contributed by atoms with E-state index in [9.17, 15) is 14.4 Å². The molecule has 0 radical (unpaired) electrons. The van der Waals surface area contributed by atoms with E-state index >= 15 is 0 Å². The number of carbonyl (C=O) groups is 3. The number of carbonyl (C=O) groups excluding carboxylic acids is 3. The second-order valence-electron chi connectivity index (χ2n) is 10.5. The van der Waals surface area contributed by atoms with Crippen LogP contribution in [0, 0.1) is 21.3 Å². The number of fused-ring (bicyclic) bond motifs is 1. The summed E-state index contributed by atoms with van der Waals surface area (Å²) in [5.41, 5.74) is 2.03. The number of amides is 1. The number of imidazole rings is 1. The van der Waals surface area contributed by atoms with Crippen LogP contribution in [0.4, 0.5) is 0 Å². The van der Waals surface area contributed by atoms with Crippen molar-refractivity contribution < 1.29 is 38.2 Å². The van der Waals surface area contributed by atoms with Crippen LogP contribution in [-0.2, 0) is 48.9 Å². The van der Waals surface area contributed by atoms with Crippen molar-refractivity contribution in [3.8, 4) is 5.75 Å². The molecule has 2 aromatic rings. The molecule has 1 amide bonds. The summed E-state index contributed by atoms with van der Waals surface area (Å²) in [7, 11) is 2.00. The van der Waals surface area contributed by atoms with Gasteiger partial charge in [0.15, 0.2) is 0 Å². The molecule has 2 aliphatic rings. The third kappa shape index (κ3) is 6.78. The molecule has 0 spiro atoms. The van der Waals surface area contributed by atoms with Crippen LogP contribution < -0.4 is 9.30 Å². The summed E-state index contributed by atoms with van der Waals surface area (Å²) >= 11 is 2.25. The van der Waals surface area contributed by atoms with Gasteiger partial charge in [-0.3, -0.25) is 9.68 Å². The summed E-state index contributed by atoms with van der Waals surface area (Å²) in [4.78, 5) is 50.1. The molecule has 1 saturated heterocycles. The van der Waals surface area contributed by atoms with Crippen LogP contribution in [0.3, 0.4) is 0 Å². The Hall–Kier alpha value is -3.45. The molecule has 0 N–H and O–H groups in total. The van der Waals surface area contributed by atoms with Crippen molar-refractivity contribution >= 4 is 40.4 Å². The van der Waals surface area contributed by atoms with E-state index in [0.29, 0.717) is 11.3 Å². The Labute approximate surface area is 259 Å². The van der Waals surface area contributed by atoms with Crippen molar-refractivity contribution in [1.82, 2.24) is 9.47 Å². The van der Waals surface area contributed by atoms with E-state index in [1.54, 1.807) is 6.92 Å². The molecule has 10 nitrogen and oxygen atoms in total. The van der Waals surface area contributed by atoms with Crippen molar-refractivity contribution in [1.29, 1.82) is 0 Å². The van der Waals surface area contributed by atoms with Gasteiger partial charge in [0.05, 0.1) is 35.0 Å². The highest BCUT2D eigenvalue weighted by atomic mass is 127. The van der Waals surface area contributed by atoms with Crippen molar-refractivity contribution in [2.45, 2.75) is 39.3 Å². The lowest BCUT2D eigenvalue weighted by molar-refractivity contribution is -0.671. The highest BCUT2D eigenvalue weighted by Gasteiger charge is 2.61. The zero-order valence-corrected chi connectivity index (χ0v) is 26.3. The number of halogens is 1. The molecule has 2 aliphatic heterocycles. The van der Waals surface area contributed by atoms with Gasteiger partial charge in [-0.05, 0) is 53.1 Å². The number of β-lactam (4-membered cyclic amide) rings is 1. The predicted molar refractivity (Wildman–Crippen MR) is 161 cm³/mol. The first-order valence-corrected chi connectivity index (χ1v) is 15.0. The van der Waals surface area contributed by atoms with Crippen LogP contribution in [0.15, 0.2) is 73.5 Å². The van der Waals surface area contributed by atoms with Crippen LogP contribution in [-0.4, -0.2) is 53.2 Å². The molecule has 1 aromatic heterocycles. The van der Waals surface area contributed by atoms with E-state index in [4.69, 9.17) is 19.2 Å². The van der Waals surface area contributed by atoms with Gasteiger partial charge >= 0.3 is 11.9 Å². The van der Waals surface area contributed by atoms with Crippen molar-refractivity contribution in [2.75, 3.05) is 19.8 Å². The van der Waals surface area contributed by atoms with E-state index in [1.807, 2.05) is 36.9 Å². The SMILES string of the molecule is C=CCOOC(=O)C(C)C1C(=O)N2C(C(=O)OCC=C)=C(COc3ccc(CCCn4cc[n+](C)c4)cc3I)C(C)C12. The van der Waals surface area contributed by atoms with Crippen LogP contribution >= 0.6 is 22.6 Å². The van der Waals surface area contributed by atoms with Crippen LogP contribution in [0.25, 0.3) is 0 Å². The van der Waals surface area contributed by atoms with Crippen molar-refractivity contribution in [3.63, 3.8) is 0 Å². The Morgan fingerprint density at radius 1 is 1.21 bits per heavy atom. The second kappa shape index (κ2) is 14.1. The number of rotatable bonds is 15. The summed E-state index contributed by atoms with van der Waals surface area (Å²) in [6.45, 7) is 11.7. The summed E-state index contributed by atoms with van der Waals surface area (Å²) < 4.78 is 16.7. The molecular weight excluding hydrogens is 653 g/mol. The molecule has 1 aromatic carbocycles. The fourth-order valence-corrected chi connectivity index (χ4v) is 6.21. The zero-order valence-electron chi connectivity index (χ0n) is 24.2. The number of benzene rings is 1. The molecule has 42 heavy (non-hydrogen) atoms. The minimum atomic E-state index is -0.773.